The van der Waals surface area contributed by atoms with Crippen LogP contribution in [0, 0.1) is 12.3 Å². The Morgan fingerprint density at radius 1 is 1.23 bits per heavy atom. The third kappa shape index (κ3) is 7.52. The smallest absolute Gasteiger partial charge is 0.291 e. The number of alkyl halides is 2. The quantitative estimate of drug-likeness (QED) is 0.232. The molecule has 0 saturated heterocycles. The number of anilines is 1. The van der Waals surface area contributed by atoms with Crippen LogP contribution >= 0.6 is 0 Å². The Bertz CT molecular complexity index is 1410. The van der Waals surface area contributed by atoms with Crippen LogP contribution in [0.4, 0.5) is 14.5 Å². The molecule has 0 fully saturated rings. The Morgan fingerprint density at radius 3 is 2.58 bits per heavy atom. The van der Waals surface area contributed by atoms with Gasteiger partial charge in [0.2, 0.25) is 0 Å². The van der Waals surface area contributed by atoms with Crippen LogP contribution in [-0.2, 0) is 30.7 Å². The molecule has 0 aliphatic heterocycles. The zero-order valence-electron chi connectivity index (χ0n) is 23.3. The van der Waals surface area contributed by atoms with E-state index < -0.39 is 23.1 Å². The van der Waals surface area contributed by atoms with Gasteiger partial charge >= 0.3 is 0 Å². The van der Waals surface area contributed by atoms with E-state index in [0.717, 1.165) is 12.5 Å². The molecule has 0 unspecified atom stereocenters. The number of rotatable bonds is 12. The molecule has 12 heteroatoms. The molecule has 2 aromatic heterocycles. The van der Waals surface area contributed by atoms with Crippen molar-refractivity contribution in [3.05, 3.63) is 53.2 Å². The van der Waals surface area contributed by atoms with Gasteiger partial charge in [-0.15, -0.1) is 6.42 Å². The van der Waals surface area contributed by atoms with Gasteiger partial charge in [0.15, 0.2) is 5.82 Å². The Hall–Kier alpha value is -4.08. The predicted octanol–water partition coefficient (Wildman–Crippen LogP) is 3.33. The number of carbonyl (C=O) groups excluding carboxylic acids is 2. The molecule has 0 bridgehead atoms. The van der Waals surface area contributed by atoms with Crippen LogP contribution in [0.15, 0.2) is 30.6 Å². The maximum Gasteiger partial charge on any atom is 0.291 e. The van der Waals surface area contributed by atoms with Crippen LogP contribution in [-0.4, -0.2) is 56.4 Å². The number of hydrogen-bond donors (Lipinski definition) is 3. The average molecular weight is 556 g/mol. The predicted molar refractivity (Wildman–Crippen MR) is 148 cm³/mol. The summed E-state index contributed by atoms with van der Waals surface area (Å²) in [7, 11) is 1.55. The first-order valence-electron chi connectivity index (χ1n) is 12.8. The summed E-state index contributed by atoms with van der Waals surface area (Å²) in [4.78, 5) is 29.9. The number of terminal acetylenes is 1. The topological polar surface area (TPSA) is 129 Å². The number of benzene rings is 1. The SMILES string of the molecule is C#CCn1cc(-c2cnc(C(=O)Nc3ccc(C(=O)NCCOCC(C)(C)N)c(CC)c3)n2C)c(C(C)(F)F)n1. The van der Waals surface area contributed by atoms with Crippen molar-refractivity contribution in [1.29, 1.82) is 0 Å². The standard InChI is InChI=1S/C28H35F2N7O3/c1-7-12-37-16-21(23(35-37)28(5,29)30)22-15-33-24(36(22)6)26(39)34-19-9-10-20(18(8-2)14-19)25(38)32-11-13-40-17-27(3,4)31/h1,9-10,14-16H,8,11-13,17,31H2,2-6H3,(H,32,38)(H,34,39). The lowest BCUT2D eigenvalue weighted by molar-refractivity contribution is 0.0127. The third-order valence-electron chi connectivity index (χ3n) is 5.89. The second-order valence-electron chi connectivity index (χ2n) is 10.2. The summed E-state index contributed by atoms with van der Waals surface area (Å²) >= 11 is 0. The maximum absolute atomic E-state index is 14.3. The van der Waals surface area contributed by atoms with Gasteiger partial charge in [-0.05, 0) is 44.0 Å². The summed E-state index contributed by atoms with van der Waals surface area (Å²) in [6.45, 7) is 7.39. The molecular formula is C28H35F2N7O3. The zero-order chi connectivity index (χ0) is 29.7. The summed E-state index contributed by atoms with van der Waals surface area (Å²) in [5.74, 6) is -1.67. The fraction of sp³-hybridized carbons (Fsp3) is 0.429. The molecule has 40 heavy (non-hydrogen) atoms. The van der Waals surface area contributed by atoms with Gasteiger partial charge in [-0.25, -0.2) is 4.98 Å². The summed E-state index contributed by atoms with van der Waals surface area (Å²) in [5, 5.41) is 9.51. The first-order valence-corrected chi connectivity index (χ1v) is 12.8. The van der Waals surface area contributed by atoms with Crippen LogP contribution in [0.1, 0.15) is 59.9 Å². The van der Waals surface area contributed by atoms with Gasteiger partial charge in [0.05, 0.1) is 25.1 Å². The van der Waals surface area contributed by atoms with Crippen molar-refractivity contribution in [2.75, 3.05) is 25.1 Å². The highest BCUT2D eigenvalue weighted by Crippen LogP contribution is 2.34. The van der Waals surface area contributed by atoms with E-state index in [2.05, 4.69) is 26.6 Å². The number of halogens is 2. The minimum Gasteiger partial charge on any atom is -0.378 e. The number of hydrogen-bond acceptors (Lipinski definition) is 6. The molecule has 2 amide bonds. The number of nitrogens with zero attached hydrogens (tertiary/aromatic N) is 4. The normalized spacial score (nSPS) is 11.8. The molecular weight excluding hydrogens is 520 g/mol. The summed E-state index contributed by atoms with van der Waals surface area (Å²) in [6, 6.07) is 4.96. The van der Waals surface area contributed by atoms with E-state index in [-0.39, 0.29) is 29.5 Å². The van der Waals surface area contributed by atoms with Gasteiger partial charge in [0.1, 0.15) is 12.2 Å². The van der Waals surface area contributed by atoms with Crippen LogP contribution < -0.4 is 16.4 Å². The average Bonchev–Trinajstić information content (AvgIpc) is 3.46. The second kappa shape index (κ2) is 12.4. The zero-order valence-corrected chi connectivity index (χ0v) is 23.3. The van der Waals surface area contributed by atoms with Crippen molar-refractivity contribution in [2.24, 2.45) is 12.8 Å². The van der Waals surface area contributed by atoms with Crippen LogP contribution in [0.3, 0.4) is 0 Å². The fourth-order valence-electron chi connectivity index (χ4n) is 4.02. The van der Waals surface area contributed by atoms with E-state index in [1.165, 1.54) is 21.6 Å². The number of nitrogens with two attached hydrogens (primary N) is 1. The van der Waals surface area contributed by atoms with Gasteiger partial charge in [-0.3, -0.25) is 14.3 Å². The van der Waals surface area contributed by atoms with Gasteiger partial charge < -0.3 is 25.7 Å². The lowest BCUT2D eigenvalue weighted by Crippen LogP contribution is -2.38. The minimum absolute atomic E-state index is 0.00518. The van der Waals surface area contributed by atoms with Crippen molar-refractivity contribution in [2.45, 2.75) is 52.1 Å². The largest absolute Gasteiger partial charge is 0.378 e. The van der Waals surface area contributed by atoms with Gasteiger partial charge in [-0.2, -0.15) is 13.9 Å². The van der Waals surface area contributed by atoms with E-state index in [4.69, 9.17) is 16.9 Å². The number of amides is 2. The van der Waals surface area contributed by atoms with Crippen molar-refractivity contribution in [1.82, 2.24) is 24.6 Å². The van der Waals surface area contributed by atoms with Crippen molar-refractivity contribution in [3.63, 3.8) is 0 Å². The van der Waals surface area contributed by atoms with Gasteiger partial charge in [0.25, 0.3) is 17.7 Å². The molecule has 3 aromatic rings. The molecule has 1 aromatic carbocycles. The van der Waals surface area contributed by atoms with Gasteiger partial charge in [0, 0.05) is 49.1 Å². The molecule has 2 heterocycles. The molecule has 0 atom stereocenters. The highest BCUT2D eigenvalue weighted by molar-refractivity contribution is 6.03. The molecule has 0 aliphatic carbocycles. The van der Waals surface area contributed by atoms with E-state index in [9.17, 15) is 18.4 Å². The molecule has 3 rings (SSSR count). The van der Waals surface area contributed by atoms with E-state index in [1.54, 1.807) is 25.2 Å². The Kier molecular flexibility index (Phi) is 9.44. The highest BCUT2D eigenvalue weighted by atomic mass is 19.3. The number of ether oxygens (including phenoxy) is 1. The minimum atomic E-state index is -3.24. The van der Waals surface area contributed by atoms with Crippen molar-refractivity contribution < 1.29 is 23.1 Å². The fourth-order valence-corrected chi connectivity index (χ4v) is 4.02. The lowest BCUT2D eigenvalue weighted by Gasteiger charge is -2.18. The number of imidazole rings is 1. The molecule has 0 aliphatic rings. The molecule has 214 valence electrons. The second-order valence-corrected chi connectivity index (χ2v) is 10.2. The van der Waals surface area contributed by atoms with Crippen LogP contribution in [0.25, 0.3) is 11.3 Å². The monoisotopic (exact) mass is 555 g/mol. The third-order valence-corrected chi connectivity index (χ3v) is 5.89. The Morgan fingerprint density at radius 2 is 1.95 bits per heavy atom. The maximum atomic E-state index is 14.3. The Labute approximate surface area is 232 Å². The van der Waals surface area contributed by atoms with E-state index in [0.29, 0.717) is 37.4 Å². The number of carbonyl (C=O) groups is 2. The van der Waals surface area contributed by atoms with Crippen molar-refractivity contribution >= 4 is 17.5 Å². The number of aryl methyl sites for hydroxylation is 1. The number of aromatic nitrogens is 4. The molecule has 10 nitrogen and oxygen atoms in total. The molecule has 0 saturated carbocycles. The number of nitrogens with one attached hydrogen (secondary N) is 2. The first kappa shape index (κ1) is 30.5. The van der Waals surface area contributed by atoms with Gasteiger partial charge in [-0.1, -0.05) is 12.8 Å². The van der Waals surface area contributed by atoms with Crippen LogP contribution in [0.5, 0.6) is 0 Å². The summed E-state index contributed by atoms with van der Waals surface area (Å²) < 4.78 is 36.7. The summed E-state index contributed by atoms with van der Waals surface area (Å²) in [6.07, 6.45) is 8.60. The molecule has 0 radical (unpaired) electrons. The van der Waals surface area contributed by atoms with Crippen LogP contribution in [0.2, 0.25) is 0 Å². The highest BCUT2D eigenvalue weighted by Gasteiger charge is 2.33. The molecule has 4 N–H and O–H groups in total. The molecule has 0 spiro atoms. The Balaban J connectivity index is 1.74. The lowest BCUT2D eigenvalue weighted by atomic mass is 10.0. The van der Waals surface area contributed by atoms with Crippen molar-refractivity contribution in [3.8, 4) is 23.6 Å². The van der Waals surface area contributed by atoms with E-state index in [1.807, 2.05) is 20.8 Å². The van der Waals surface area contributed by atoms with E-state index >= 15 is 0 Å². The summed E-state index contributed by atoms with van der Waals surface area (Å²) in [5.41, 5.74) is 7.04. The first-order chi connectivity index (χ1) is 18.7.